The third kappa shape index (κ3) is 12.1. The van der Waals surface area contributed by atoms with Gasteiger partial charge in [-0.05, 0) is 6.42 Å². The molecule has 0 aliphatic rings. The van der Waals surface area contributed by atoms with E-state index in [9.17, 15) is 4.79 Å². The van der Waals surface area contributed by atoms with Crippen molar-refractivity contribution >= 4 is 5.97 Å². The predicted molar refractivity (Wildman–Crippen MR) is 51.4 cm³/mol. The van der Waals surface area contributed by atoms with Crippen LogP contribution < -0.4 is 0 Å². The predicted octanol–water partition coefficient (Wildman–Crippen LogP) is 1.88. The minimum absolute atomic E-state index is 0. The summed E-state index contributed by atoms with van der Waals surface area (Å²) in [6.07, 6.45) is 7.04. The van der Waals surface area contributed by atoms with Crippen LogP contribution in [0.15, 0.2) is 0 Å². The first kappa shape index (κ1) is 16.6. The maximum Gasteiger partial charge on any atom is 0.331 e. The molecule has 0 atom stereocenters. The molecule has 0 spiro atoms. The molecule has 0 heterocycles. The molecule has 0 aliphatic heterocycles. The van der Waals surface area contributed by atoms with Crippen molar-refractivity contribution in [2.45, 2.75) is 45.4 Å². The average molecular weight is 236 g/mol. The summed E-state index contributed by atoms with van der Waals surface area (Å²) in [7, 11) is 0. The van der Waals surface area contributed by atoms with E-state index in [2.05, 4.69) is 6.92 Å². The van der Waals surface area contributed by atoms with Crippen molar-refractivity contribution in [1.29, 1.82) is 0 Å². The van der Waals surface area contributed by atoms with Crippen LogP contribution in [0.3, 0.4) is 0 Å². The Balaban J connectivity index is 0. The van der Waals surface area contributed by atoms with Gasteiger partial charge in [0.25, 0.3) is 0 Å². The number of hydrogen-bond donors (Lipinski definition) is 1. The molecule has 0 unspecified atom stereocenters. The Labute approximate surface area is 101 Å². The molecular formula is C10H20O3Ti. The number of ether oxygens (including phenoxy) is 1. The molecule has 0 aliphatic carbocycles. The van der Waals surface area contributed by atoms with Crippen molar-refractivity contribution in [2.75, 3.05) is 13.2 Å². The van der Waals surface area contributed by atoms with Crippen LogP contribution in [0.2, 0.25) is 0 Å². The van der Waals surface area contributed by atoms with Crippen LogP contribution in [0.4, 0.5) is 0 Å². The normalized spacial score (nSPS) is 9.29. The summed E-state index contributed by atoms with van der Waals surface area (Å²) in [5.41, 5.74) is 0. The Hall–Kier alpha value is 0.144. The van der Waals surface area contributed by atoms with Gasteiger partial charge in [0.1, 0.15) is 6.61 Å². The largest absolute Gasteiger partial charge is 0.464 e. The van der Waals surface area contributed by atoms with E-state index in [4.69, 9.17) is 9.84 Å². The number of hydrogen-bond acceptors (Lipinski definition) is 3. The summed E-state index contributed by atoms with van der Waals surface area (Å²) >= 11 is 0. The van der Waals surface area contributed by atoms with Crippen LogP contribution in [0.1, 0.15) is 45.4 Å². The molecule has 0 saturated heterocycles. The molecule has 3 nitrogen and oxygen atoms in total. The van der Waals surface area contributed by atoms with Crippen molar-refractivity contribution < 1.29 is 36.4 Å². The van der Waals surface area contributed by atoms with Gasteiger partial charge in [-0.2, -0.15) is 0 Å². The molecule has 0 fully saturated rings. The SMILES string of the molecule is CCCCCCCCOC(=O)CO.[Ti]. The van der Waals surface area contributed by atoms with Gasteiger partial charge in [0, 0.05) is 21.7 Å². The van der Waals surface area contributed by atoms with Gasteiger partial charge in [0.05, 0.1) is 6.61 Å². The molecular weight excluding hydrogens is 216 g/mol. The Bertz CT molecular complexity index is 129. The number of esters is 1. The minimum atomic E-state index is -0.520. The molecule has 0 aromatic rings. The van der Waals surface area contributed by atoms with Crippen molar-refractivity contribution in [2.24, 2.45) is 0 Å². The Morgan fingerprint density at radius 2 is 1.71 bits per heavy atom. The van der Waals surface area contributed by atoms with E-state index in [1.54, 1.807) is 0 Å². The van der Waals surface area contributed by atoms with Crippen LogP contribution in [0.25, 0.3) is 0 Å². The maximum absolute atomic E-state index is 10.5. The van der Waals surface area contributed by atoms with Crippen molar-refractivity contribution in [3.05, 3.63) is 0 Å². The Kier molecular flexibility index (Phi) is 15.6. The summed E-state index contributed by atoms with van der Waals surface area (Å²) in [6.45, 7) is 2.13. The topological polar surface area (TPSA) is 46.5 Å². The fourth-order valence-corrected chi connectivity index (χ4v) is 1.11. The first-order chi connectivity index (χ1) is 6.31. The van der Waals surface area contributed by atoms with Crippen LogP contribution in [0.5, 0.6) is 0 Å². The second-order valence-corrected chi connectivity index (χ2v) is 3.15. The molecule has 0 amide bonds. The third-order valence-corrected chi connectivity index (χ3v) is 1.89. The van der Waals surface area contributed by atoms with Gasteiger partial charge < -0.3 is 9.84 Å². The van der Waals surface area contributed by atoms with Gasteiger partial charge in [0.2, 0.25) is 0 Å². The molecule has 0 bridgehead atoms. The van der Waals surface area contributed by atoms with Crippen LogP contribution in [-0.4, -0.2) is 24.3 Å². The molecule has 82 valence electrons. The fraction of sp³-hybridized carbons (Fsp3) is 0.900. The number of carbonyl (C=O) groups excluding carboxylic acids is 1. The van der Waals surface area contributed by atoms with E-state index in [0.717, 1.165) is 12.8 Å². The maximum atomic E-state index is 10.5. The molecule has 1 N–H and O–H groups in total. The monoisotopic (exact) mass is 236 g/mol. The summed E-state index contributed by atoms with van der Waals surface area (Å²) in [5.74, 6) is -0.520. The summed E-state index contributed by atoms with van der Waals surface area (Å²) < 4.78 is 4.71. The van der Waals surface area contributed by atoms with Crippen molar-refractivity contribution in [1.82, 2.24) is 0 Å². The first-order valence-corrected chi connectivity index (χ1v) is 5.07. The molecule has 14 heavy (non-hydrogen) atoms. The van der Waals surface area contributed by atoms with Gasteiger partial charge in [-0.25, -0.2) is 4.79 Å². The van der Waals surface area contributed by atoms with Gasteiger partial charge in [-0.1, -0.05) is 39.0 Å². The number of aliphatic hydroxyl groups is 1. The van der Waals surface area contributed by atoms with Crippen LogP contribution in [0, 0.1) is 0 Å². The van der Waals surface area contributed by atoms with E-state index in [0.29, 0.717) is 6.61 Å². The van der Waals surface area contributed by atoms with Gasteiger partial charge in [0.15, 0.2) is 0 Å². The van der Waals surface area contributed by atoms with E-state index >= 15 is 0 Å². The quantitative estimate of drug-likeness (QED) is 0.397. The van der Waals surface area contributed by atoms with E-state index in [1.165, 1.54) is 25.7 Å². The summed E-state index contributed by atoms with van der Waals surface area (Å²) in [5, 5.41) is 8.33. The standard InChI is InChI=1S/C10H20O3.Ti/c1-2-3-4-5-6-7-8-13-10(12)9-11;/h11H,2-9H2,1H3;. The molecule has 0 rings (SSSR count). The van der Waals surface area contributed by atoms with Crippen molar-refractivity contribution in [3.63, 3.8) is 0 Å². The second-order valence-electron chi connectivity index (χ2n) is 3.15. The summed E-state index contributed by atoms with van der Waals surface area (Å²) in [6, 6.07) is 0. The molecule has 0 saturated carbocycles. The van der Waals surface area contributed by atoms with Crippen LogP contribution in [-0.2, 0) is 31.2 Å². The Morgan fingerprint density at radius 3 is 2.29 bits per heavy atom. The zero-order valence-corrected chi connectivity index (χ0v) is 10.5. The smallest absolute Gasteiger partial charge is 0.331 e. The van der Waals surface area contributed by atoms with Crippen LogP contribution >= 0.6 is 0 Å². The first-order valence-electron chi connectivity index (χ1n) is 5.07. The Morgan fingerprint density at radius 1 is 1.14 bits per heavy atom. The van der Waals surface area contributed by atoms with Gasteiger partial charge in [-0.15, -0.1) is 0 Å². The second kappa shape index (κ2) is 13.1. The van der Waals surface area contributed by atoms with Gasteiger partial charge >= 0.3 is 5.97 Å². The van der Waals surface area contributed by atoms with Crippen molar-refractivity contribution in [3.8, 4) is 0 Å². The number of aliphatic hydroxyl groups excluding tert-OH is 1. The zero-order valence-electron chi connectivity index (χ0n) is 8.92. The zero-order chi connectivity index (χ0) is 9.94. The summed E-state index contributed by atoms with van der Waals surface area (Å²) in [4.78, 5) is 10.5. The number of unbranched alkanes of at least 4 members (excludes halogenated alkanes) is 5. The fourth-order valence-electron chi connectivity index (χ4n) is 1.11. The molecule has 0 aromatic carbocycles. The number of carbonyl (C=O) groups is 1. The van der Waals surface area contributed by atoms with E-state index in [-0.39, 0.29) is 21.7 Å². The number of rotatable bonds is 8. The van der Waals surface area contributed by atoms with E-state index in [1.807, 2.05) is 0 Å². The molecule has 0 radical (unpaired) electrons. The molecule has 4 heteroatoms. The van der Waals surface area contributed by atoms with Gasteiger partial charge in [-0.3, -0.25) is 0 Å². The van der Waals surface area contributed by atoms with E-state index < -0.39 is 12.6 Å². The third-order valence-electron chi connectivity index (χ3n) is 1.89. The minimum Gasteiger partial charge on any atom is -0.464 e. The average Bonchev–Trinajstić information content (AvgIpc) is 2.16. The molecule has 0 aromatic heterocycles.